The van der Waals surface area contributed by atoms with Crippen molar-refractivity contribution < 1.29 is 5.11 Å². The molecule has 0 aromatic carbocycles. The lowest BCUT2D eigenvalue weighted by molar-refractivity contribution is 0.154. The topological polar surface area (TPSA) is 72.3 Å². The highest BCUT2D eigenvalue weighted by Crippen LogP contribution is 2.16. The molecule has 11 heavy (non-hydrogen) atoms. The number of aliphatic hydroxyl groups excluding tert-OH is 1. The fourth-order valence-electron chi connectivity index (χ4n) is 0.988. The molecule has 0 aliphatic heterocycles. The first-order valence-electron chi connectivity index (χ1n) is 3.72. The molecule has 0 radical (unpaired) electrons. The van der Waals surface area contributed by atoms with Gasteiger partial charge < -0.3 is 16.6 Å². The second-order valence-electron chi connectivity index (χ2n) is 2.87. The zero-order chi connectivity index (χ0) is 8.48. The molecule has 1 aliphatic rings. The van der Waals surface area contributed by atoms with E-state index in [4.69, 9.17) is 11.5 Å². The zero-order valence-corrected chi connectivity index (χ0v) is 6.62. The summed E-state index contributed by atoms with van der Waals surface area (Å²) >= 11 is 0. The average molecular weight is 154 g/mol. The molecule has 5 N–H and O–H groups in total. The molecule has 1 atom stereocenters. The molecular formula is C8H14N2O. The molecule has 0 bridgehead atoms. The third kappa shape index (κ3) is 1.68. The minimum absolute atomic E-state index is 0.762. The van der Waals surface area contributed by atoms with E-state index in [9.17, 15) is 5.11 Å². The van der Waals surface area contributed by atoms with E-state index in [2.05, 4.69) is 0 Å². The molecule has 0 aromatic heterocycles. The van der Waals surface area contributed by atoms with Gasteiger partial charge in [0.1, 0.15) is 11.8 Å². The highest BCUT2D eigenvalue weighted by molar-refractivity contribution is 5.30. The minimum atomic E-state index is -1.08. The molecule has 3 heteroatoms. The van der Waals surface area contributed by atoms with Gasteiger partial charge in [-0.1, -0.05) is 13.0 Å². The van der Waals surface area contributed by atoms with Gasteiger partial charge in [0.15, 0.2) is 0 Å². The molecular weight excluding hydrogens is 140 g/mol. The van der Waals surface area contributed by atoms with E-state index in [0.29, 0.717) is 0 Å². The Morgan fingerprint density at radius 2 is 2.27 bits per heavy atom. The maximum absolute atomic E-state index is 9.36. The second-order valence-corrected chi connectivity index (χ2v) is 2.87. The predicted octanol–water partition coefficient (Wildman–Crippen LogP) is -0.133. The molecule has 0 aromatic rings. The van der Waals surface area contributed by atoms with Crippen molar-refractivity contribution in [2.24, 2.45) is 11.5 Å². The lowest BCUT2D eigenvalue weighted by Gasteiger charge is -2.28. The Labute approximate surface area is 66.4 Å². The van der Waals surface area contributed by atoms with Crippen molar-refractivity contribution in [3.8, 4) is 0 Å². The van der Waals surface area contributed by atoms with Gasteiger partial charge in [0.2, 0.25) is 0 Å². The lowest BCUT2D eigenvalue weighted by Crippen LogP contribution is -2.57. The van der Waals surface area contributed by atoms with E-state index in [1.54, 1.807) is 12.2 Å². The summed E-state index contributed by atoms with van der Waals surface area (Å²) in [6.45, 7) is 2.02. The quantitative estimate of drug-likeness (QED) is 0.460. The van der Waals surface area contributed by atoms with E-state index in [0.717, 1.165) is 12.0 Å². The Morgan fingerprint density at radius 3 is 2.73 bits per heavy atom. The fourth-order valence-corrected chi connectivity index (χ4v) is 0.988. The molecule has 62 valence electrons. The summed E-state index contributed by atoms with van der Waals surface area (Å²) in [6, 6.07) is 0. The van der Waals surface area contributed by atoms with Gasteiger partial charge in [-0.25, -0.2) is 0 Å². The number of aliphatic hydroxyl groups is 1. The Hall–Kier alpha value is -0.640. The normalized spacial score (nSPS) is 28.4. The Balaban J connectivity index is 2.80. The largest absolute Gasteiger partial charge is 0.385 e. The Bertz CT molecular complexity index is 206. The molecule has 1 aliphatic carbocycles. The summed E-state index contributed by atoms with van der Waals surface area (Å²) in [4.78, 5) is 0. The predicted molar refractivity (Wildman–Crippen MR) is 44.6 cm³/mol. The Kier molecular flexibility index (Phi) is 2.13. The molecule has 3 nitrogen and oxygen atoms in total. The van der Waals surface area contributed by atoms with Crippen molar-refractivity contribution in [1.29, 1.82) is 0 Å². The van der Waals surface area contributed by atoms with Crippen LogP contribution >= 0.6 is 0 Å². The fraction of sp³-hybridized carbons (Fsp3) is 0.500. The van der Waals surface area contributed by atoms with Crippen molar-refractivity contribution in [3.63, 3.8) is 0 Å². The third-order valence-corrected chi connectivity index (χ3v) is 1.88. The van der Waals surface area contributed by atoms with Gasteiger partial charge in [-0.15, -0.1) is 0 Å². The number of hydrogen-bond donors (Lipinski definition) is 3. The van der Waals surface area contributed by atoms with Crippen LogP contribution in [0.2, 0.25) is 0 Å². The molecule has 0 saturated carbocycles. The molecule has 0 saturated heterocycles. The molecule has 0 fully saturated rings. The first kappa shape index (κ1) is 8.46. The maximum atomic E-state index is 9.36. The van der Waals surface area contributed by atoms with Crippen LogP contribution in [0.1, 0.15) is 13.3 Å². The van der Waals surface area contributed by atoms with Crippen molar-refractivity contribution >= 4 is 0 Å². The van der Waals surface area contributed by atoms with Crippen LogP contribution in [0, 0.1) is 0 Å². The third-order valence-electron chi connectivity index (χ3n) is 1.88. The number of hydrogen-bond acceptors (Lipinski definition) is 3. The smallest absolute Gasteiger partial charge is 0.114 e. The summed E-state index contributed by atoms with van der Waals surface area (Å²) < 4.78 is 0. The maximum Gasteiger partial charge on any atom is 0.114 e. The highest BCUT2D eigenvalue weighted by Gasteiger charge is 2.26. The summed E-state index contributed by atoms with van der Waals surface area (Å²) in [5.74, 6) is 0. The molecule has 0 heterocycles. The summed E-state index contributed by atoms with van der Waals surface area (Å²) in [5, 5.41) is 9.36. The first-order valence-corrected chi connectivity index (χ1v) is 3.72. The Morgan fingerprint density at radius 1 is 1.64 bits per heavy atom. The van der Waals surface area contributed by atoms with Gasteiger partial charge in [0.05, 0.1) is 0 Å². The van der Waals surface area contributed by atoms with E-state index >= 15 is 0 Å². The summed E-state index contributed by atoms with van der Waals surface area (Å²) in [6.07, 6.45) is 5.31. The van der Waals surface area contributed by atoms with E-state index in [1.165, 1.54) is 0 Å². The number of nitrogens with two attached hydrogens (primary N) is 2. The SMILES string of the molecule is CCC1=CC(O)C(N)(N)C=C1. The van der Waals surface area contributed by atoms with E-state index < -0.39 is 11.8 Å². The zero-order valence-electron chi connectivity index (χ0n) is 6.62. The van der Waals surface area contributed by atoms with Crippen LogP contribution in [0.25, 0.3) is 0 Å². The van der Waals surface area contributed by atoms with Crippen LogP contribution in [0.3, 0.4) is 0 Å². The van der Waals surface area contributed by atoms with Crippen LogP contribution in [0.15, 0.2) is 23.8 Å². The first-order chi connectivity index (χ1) is 5.06. The van der Waals surface area contributed by atoms with Gasteiger partial charge in [-0.3, -0.25) is 0 Å². The standard InChI is InChI=1S/C8H14N2O/c1-2-6-3-4-8(9,10)7(11)5-6/h3-5,7,11H,2,9-10H2,1H3. The van der Waals surface area contributed by atoms with Crippen LogP contribution in [0.4, 0.5) is 0 Å². The number of rotatable bonds is 1. The second kappa shape index (κ2) is 2.77. The van der Waals surface area contributed by atoms with E-state index in [-0.39, 0.29) is 0 Å². The molecule has 1 rings (SSSR count). The summed E-state index contributed by atoms with van der Waals surface area (Å²) in [7, 11) is 0. The van der Waals surface area contributed by atoms with Gasteiger partial charge >= 0.3 is 0 Å². The van der Waals surface area contributed by atoms with Gasteiger partial charge in [0, 0.05) is 0 Å². The van der Waals surface area contributed by atoms with Gasteiger partial charge in [-0.05, 0) is 24.1 Å². The number of allylic oxidation sites excluding steroid dienone is 2. The monoisotopic (exact) mass is 154 g/mol. The average Bonchev–Trinajstić information content (AvgIpc) is 1.95. The molecule has 0 spiro atoms. The molecule has 1 unspecified atom stereocenters. The van der Waals surface area contributed by atoms with Crippen LogP contribution in [-0.4, -0.2) is 16.9 Å². The van der Waals surface area contributed by atoms with Crippen LogP contribution in [-0.2, 0) is 0 Å². The van der Waals surface area contributed by atoms with Crippen molar-refractivity contribution in [1.82, 2.24) is 0 Å². The van der Waals surface area contributed by atoms with Crippen LogP contribution < -0.4 is 11.5 Å². The van der Waals surface area contributed by atoms with Crippen molar-refractivity contribution in [2.75, 3.05) is 0 Å². The van der Waals surface area contributed by atoms with Crippen molar-refractivity contribution in [3.05, 3.63) is 23.8 Å². The lowest BCUT2D eigenvalue weighted by atomic mass is 9.94. The summed E-state index contributed by atoms with van der Waals surface area (Å²) in [5.41, 5.74) is 11.1. The van der Waals surface area contributed by atoms with Gasteiger partial charge in [0.25, 0.3) is 0 Å². The minimum Gasteiger partial charge on any atom is -0.385 e. The molecule has 0 amide bonds. The highest BCUT2D eigenvalue weighted by atomic mass is 16.3. The van der Waals surface area contributed by atoms with Crippen molar-refractivity contribution in [2.45, 2.75) is 25.1 Å². The van der Waals surface area contributed by atoms with E-state index in [1.807, 2.05) is 13.0 Å². The van der Waals surface area contributed by atoms with Gasteiger partial charge in [-0.2, -0.15) is 0 Å². The van der Waals surface area contributed by atoms with Crippen LogP contribution in [0.5, 0.6) is 0 Å².